The maximum Gasteiger partial charge on any atom is 0.413 e. The number of fused-ring (bicyclic) bond motifs is 1. The molecule has 1 amide bonds. The van der Waals surface area contributed by atoms with Gasteiger partial charge in [0.1, 0.15) is 0 Å². The third-order valence-corrected chi connectivity index (χ3v) is 5.83. The van der Waals surface area contributed by atoms with E-state index < -0.39 is 6.09 Å². The summed E-state index contributed by atoms with van der Waals surface area (Å²) in [6.45, 7) is 4.47. The Hall–Kier alpha value is -2.73. The van der Waals surface area contributed by atoms with Crippen LogP contribution in [0.2, 0.25) is 0 Å². The predicted molar refractivity (Wildman–Crippen MR) is 114 cm³/mol. The number of alkyl halides is 1. The summed E-state index contributed by atoms with van der Waals surface area (Å²) in [5, 5.41) is 9.63. The van der Waals surface area contributed by atoms with Gasteiger partial charge in [0.15, 0.2) is 5.82 Å². The summed E-state index contributed by atoms with van der Waals surface area (Å²) in [4.78, 5) is 22.7. The van der Waals surface area contributed by atoms with E-state index in [4.69, 9.17) is 9.97 Å². The fourth-order valence-electron chi connectivity index (χ4n) is 3.34. The molecule has 0 saturated heterocycles. The Labute approximate surface area is 172 Å². The number of carboxylic acid groups (broad SMARTS) is 1. The maximum absolute atomic E-state index is 11.8. The van der Waals surface area contributed by atoms with Crippen LogP contribution < -0.4 is 4.90 Å². The topological polar surface area (TPSA) is 66.3 Å². The van der Waals surface area contributed by atoms with Gasteiger partial charge >= 0.3 is 6.09 Å². The number of anilines is 1. The average molecular weight is 438 g/mol. The van der Waals surface area contributed by atoms with E-state index >= 15 is 0 Å². The second-order valence-corrected chi connectivity index (χ2v) is 8.16. The number of hydrogen-bond acceptors (Lipinski definition) is 3. The Morgan fingerprint density at radius 2 is 1.46 bits per heavy atom. The summed E-state index contributed by atoms with van der Waals surface area (Å²) < 4.78 is 0. The SMILES string of the molecule is Cc1ccc(-c2nc3c(nc2-c2ccc(C)cc2)N(C(=O)O)CCC3Br)cc1. The fourth-order valence-corrected chi connectivity index (χ4v) is 3.86. The lowest BCUT2D eigenvalue weighted by Crippen LogP contribution is -2.36. The molecule has 0 bridgehead atoms. The molecule has 1 N–H and O–H groups in total. The van der Waals surface area contributed by atoms with Crippen molar-refractivity contribution in [2.75, 3.05) is 11.4 Å². The predicted octanol–water partition coefficient (Wildman–Crippen LogP) is 5.75. The van der Waals surface area contributed by atoms with E-state index in [-0.39, 0.29) is 4.83 Å². The first kappa shape index (κ1) is 18.6. The van der Waals surface area contributed by atoms with Crippen LogP contribution in [0, 0.1) is 13.8 Å². The van der Waals surface area contributed by atoms with Crippen molar-refractivity contribution in [1.29, 1.82) is 0 Å². The average Bonchev–Trinajstić information content (AvgIpc) is 2.68. The number of aromatic nitrogens is 2. The van der Waals surface area contributed by atoms with Crippen LogP contribution in [-0.4, -0.2) is 27.7 Å². The monoisotopic (exact) mass is 437 g/mol. The van der Waals surface area contributed by atoms with Crippen molar-refractivity contribution < 1.29 is 9.90 Å². The number of nitrogens with zero attached hydrogens (tertiary/aromatic N) is 3. The third kappa shape index (κ3) is 3.40. The van der Waals surface area contributed by atoms with Crippen molar-refractivity contribution in [1.82, 2.24) is 9.97 Å². The van der Waals surface area contributed by atoms with E-state index in [1.165, 1.54) is 10.5 Å². The molecule has 4 rings (SSSR count). The quantitative estimate of drug-likeness (QED) is 0.518. The van der Waals surface area contributed by atoms with Gasteiger partial charge in [0, 0.05) is 17.7 Å². The molecule has 6 heteroatoms. The lowest BCUT2D eigenvalue weighted by Gasteiger charge is -2.29. The van der Waals surface area contributed by atoms with Gasteiger partial charge in [0.25, 0.3) is 0 Å². The molecule has 1 aliphatic heterocycles. The molecule has 1 aromatic heterocycles. The molecule has 0 saturated carbocycles. The first-order valence-corrected chi connectivity index (χ1v) is 10.1. The van der Waals surface area contributed by atoms with Gasteiger partial charge in [-0.2, -0.15) is 0 Å². The normalized spacial score (nSPS) is 16.0. The van der Waals surface area contributed by atoms with E-state index in [2.05, 4.69) is 15.9 Å². The Morgan fingerprint density at radius 3 is 1.96 bits per heavy atom. The molecule has 3 aromatic rings. The molecule has 0 spiro atoms. The molecule has 142 valence electrons. The summed E-state index contributed by atoms with van der Waals surface area (Å²) in [6.07, 6.45) is -0.349. The summed E-state index contributed by atoms with van der Waals surface area (Å²) >= 11 is 3.65. The van der Waals surface area contributed by atoms with Gasteiger partial charge in [-0.05, 0) is 20.3 Å². The number of rotatable bonds is 2. The third-order valence-electron chi connectivity index (χ3n) is 4.94. The highest BCUT2D eigenvalue weighted by Gasteiger charge is 2.32. The Balaban J connectivity index is 1.98. The number of aryl methyl sites for hydroxylation is 2. The molecule has 1 unspecified atom stereocenters. The molecule has 5 nitrogen and oxygen atoms in total. The smallest absolute Gasteiger partial charge is 0.413 e. The van der Waals surface area contributed by atoms with Crippen molar-refractivity contribution in [3.63, 3.8) is 0 Å². The van der Waals surface area contributed by atoms with Crippen LogP contribution in [-0.2, 0) is 0 Å². The van der Waals surface area contributed by atoms with E-state index in [9.17, 15) is 9.90 Å². The largest absolute Gasteiger partial charge is 0.465 e. The molecule has 2 aromatic carbocycles. The molecule has 28 heavy (non-hydrogen) atoms. The van der Waals surface area contributed by atoms with Crippen LogP contribution in [0.4, 0.5) is 10.6 Å². The zero-order chi connectivity index (χ0) is 19.8. The van der Waals surface area contributed by atoms with Crippen LogP contribution in [0.1, 0.15) is 28.1 Å². The molecular formula is C22H20BrN3O2. The van der Waals surface area contributed by atoms with Crippen molar-refractivity contribution in [2.45, 2.75) is 25.1 Å². The number of hydrogen-bond donors (Lipinski definition) is 1. The standard InChI is InChI=1S/C22H20BrN3O2/c1-13-3-7-15(8-4-13)18-19(16-9-5-14(2)6-10-16)25-21-20(24-18)17(23)11-12-26(21)22(27)28/h3-10,17H,11-12H2,1-2H3,(H,27,28). The van der Waals surface area contributed by atoms with Crippen LogP contribution in [0.15, 0.2) is 48.5 Å². The van der Waals surface area contributed by atoms with E-state index in [0.29, 0.717) is 30.2 Å². The molecular weight excluding hydrogens is 418 g/mol. The second kappa shape index (κ2) is 7.36. The van der Waals surface area contributed by atoms with Crippen molar-refractivity contribution in [3.05, 3.63) is 65.4 Å². The summed E-state index contributed by atoms with van der Waals surface area (Å²) in [5.74, 6) is 0.409. The highest BCUT2D eigenvalue weighted by atomic mass is 79.9. The number of halogens is 1. The van der Waals surface area contributed by atoms with Crippen molar-refractivity contribution in [3.8, 4) is 22.5 Å². The molecule has 0 aliphatic carbocycles. The number of carbonyl (C=O) groups is 1. The Bertz CT molecular complexity index is 1030. The number of benzene rings is 2. The van der Waals surface area contributed by atoms with Gasteiger partial charge in [-0.3, -0.25) is 4.90 Å². The lowest BCUT2D eigenvalue weighted by atomic mass is 10.0. The van der Waals surface area contributed by atoms with Crippen molar-refractivity contribution >= 4 is 27.8 Å². The molecule has 1 aliphatic rings. The first-order chi connectivity index (χ1) is 13.4. The zero-order valence-electron chi connectivity index (χ0n) is 15.7. The van der Waals surface area contributed by atoms with Gasteiger partial charge in [-0.15, -0.1) is 0 Å². The van der Waals surface area contributed by atoms with E-state index in [0.717, 1.165) is 22.4 Å². The van der Waals surface area contributed by atoms with E-state index in [1.54, 1.807) is 0 Å². The van der Waals surface area contributed by atoms with Crippen LogP contribution in [0.5, 0.6) is 0 Å². The minimum Gasteiger partial charge on any atom is -0.465 e. The van der Waals surface area contributed by atoms with Crippen molar-refractivity contribution in [2.24, 2.45) is 0 Å². The minimum absolute atomic E-state index is 0.0260. The first-order valence-electron chi connectivity index (χ1n) is 9.14. The van der Waals surface area contributed by atoms with Gasteiger partial charge in [0.05, 0.1) is 21.9 Å². The summed E-state index contributed by atoms with van der Waals surface area (Å²) in [7, 11) is 0. The molecule has 0 radical (unpaired) electrons. The summed E-state index contributed by atoms with van der Waals surface area (Å²) in [5.41, 5.74) is 6.32. The van der Waals surface area contributed by atoms with E-state index in [1.807, 2.05) is 62.4 Å². The van der Waals surface area contributed by atoms with Crippen LogP contribution in [0.3, 0.4) is 0 Å². The number of amides is 1. The molecule has 0 fully saturated rings. The van der Waals surface area contributed by atoms with Crippen LogP contribution >= 0.6 is 15.9 Å². The fraction of sp³-hybridized carbons (Fsp3) is 0.227. The highest BCUT2D eigenvalue weighted by molar-refractivity contribution is 9.09. The summed E-state index contributed by atoms with van der Waals surface area (Å²) in [6, 6.07) is 16.2. The zero-order valence-corrected chi connectivity index (χ0v) is 17.3. The van der Waals surface area contributed by atoms with Crippen LogP contribution in [0.25, 0.3) is 22.5 Å². The van der Waals surface area contributed by atoms with Gasteiger partial charge in [0.2, 0.25) is 0 Å². The van der Waals surface area contributed by atoms with Gasteiger partial charge < -0.3 is 5.11 Å². The maximum atomic E-state index is 11.8. The van der Waals surface area contributed by atoms with Gasteiger partial charge in [-0.25, -0.2) is 14.8 Å². The van der Waals surface area contributed by atoms with Gasteiger partial charge in [-0.1, -0.05) is 75.6 Å². The molecule has 2 heterocycles. The second-order valence-electron chi connectivity index (χ2n) is 7.05. The minimum atomic E-state index is -1.01. The highest BCUT2D eigenvalue weighted by Crippen LogP contribution is 2.41. The Morgan fingerprint density at radius 1 is 0.964 bits per heavy atom. The Kier molecular flexibility index (Phi) is 4.89. The molecule has 1 atom stereocenters. The lowest BCUT2D eigenvalue weighted by molar-refractivity contribution is 0.201.